The van der Waals surface area contributed by atoms with Gasteiger partial charge in [-0.2, -0.15) is 0 Å². The van der Waals surface area contributed by atoms with Gasteiger partial charge in [-0.3, -0.25) is 9.78 Å². The summed E-state index contributed by atoms with van der Waals surface area (Å²) in [6.07, 6.45) is 1.71. The maximum absolute atomic E-state index is 12.3. The van der Waals surface area contributed by atoms with Crippen LogP contribution in [-0.4, -0.2) is 15.5 Å². The molecule has 0 atom stereocenters. The molecule has 106 valence electrons. The molecule has 0 unspecified atom stereocenters. The van der Waals surface area contributed by atoms with Crippen LogP contribution in [0.1, 0.15) is 16.2 Å². The van der Waals surface area contributed by atoms with Gasteiger partial charge in [-0.05, 0) is 30.3 Å². The zero-order chi connectivity index (χ0) is 14.8. The van der Waals surface area contributed by atoms with Crippen LogP contribution in [-0.2, 0) is 13.6 Å². The summed E-state index contributed by atoms with van der Waals surface area (Å²) >= 11 is 6.00. The van der Waals surface area contributed by atoms with E-state index in [0.717, 1.165) is 16.6 Å². The van der Waals surface area contributed by atoms with Crippen LogP contribution in [0, 0.1) is 0 Å². The van der Waals surface area contributed by atoms with Crippen molar-refractivity contribution in [1.82, 2.24) is 14.9 Å². The summed E-state index contributed by atoms with van der Waals surface area (Å²) in [6, 6.07) is 13.1. The average molecular weight is 300 g/mol. The topological polar surface area (TPSA) is 46.9 Å². The fraction of sp³-hybridized carbons (Fsp3) is 0.125. The van der Waals surface area contributed by atoms with Crippen LogP contribution in [0.2, 0.25) is 5.02 Å². The lowest BCUT2D eigenvalue weighted by Crippen LogP contribution is -2.25. The van der Waals surface area contributed by atoms with E-state index in [-0.39, 0.29) is 5.91 Å². The molecule has 0 radical (unpaired) electrons. The molecular weight excluding hydrogens is 286 g/mol. The highest BCUT2D eigenvalue weighted by atomic mass is 35.5. The number of carbonyl (C=O) groups excluding carboxylic acids is 1. The minimum absolute atomic E-state index is 0.129. The number of aryl methyl sites for hydroxylation is 1. The highest BCUT2D eigenvalue weighted by Gasteiger charge is 2.13. The van der Waals surface area contributed by atoms with Crippen molar-refractivity contribution in [2.45, 2.75) is 6.54 Å². The van der Waals surface area contributed by atoms with Gasteiger partial charge in [0, 0.05) is 29.2 Å². The van der Waals surface area contributed by atoms with E-state index in [2.05, 4.69) is 10.3 Å². The third-order valence-electron chi connectivity index (χ3n) is 3.40. The molecule has 0 saturated carbocycles. The highest BCUT2D eigenvalue weighted by Crippen LogP contribution is 2.22. The summed E-state index contributed by atoms with van der Waals surface area (Å²) in [7, 11) is 1.86. The summed E-state index contributed by atoms with van der Waals surface area (Å²) < 4.78 is 1.84. The Morgan fingerprint density at radius 2 is 2.14 bits per heavy atom. The van der Waals surface area contributed by atoms with E-state index >= 15 is 0 Å². The summed E-state index contributed by atoms with van der Waals surface area (Å²) in [6.45, 7) is 0.405. The molecule has 0 aliphatic rings. The second-order valence-corrected chi connectivity index (χ2v) is 5.23. The van der Waals surface area contributed by atoms with Crippen LogP contribution >= 0.6 is 11.6 Å². The molecule has 1 aromatic carbocycles. The SMILES string of the molecule is Cn1c(C(=O)NCc2ccccn2)cc2ccc(Cl)cc21. The second kappa shape index (κ2) is 5.58. The maximum Gasteiger partial charge on any atom is 0.268 e. The van der Waals surface area contributed by atoms with E-state index in [1.165, 1.54) is 0 Å². The first kappa shape index (κ1) is 13.6. The Hall–Kier alpha value is -2.33. The van der Waals surface area contributed by atoms with Crippen LogP contribution in [0.4, 0.5) is 0 Å². The lowest BCUT2D eigenvalue weighted by atomic mass is 10.2. The summed E-state index contributed by atoms with van der Waals surface area (Å²) in [5, 5.41) is 4.52. The Bertz CT molecular complexity index is 796. The van der Waals surface area contributed by atoms with Gasteiger partial charge in [-0.15, -0.1) is 0 Å². The average Bonchev–Trinajstić information content (AvgIpc) is 2.83. The number of hydrogen-bond acceptors (Lipinski definition) is 2. The first-order valence-electron chi connectivity index (χ1n) is 6.58. The number of nitrogens with zero attached hydrogens (tertiary/aromatic N) is 2. The van der Waals surface area contributed by atoms with E-state index in [9.17, 15) is 4.79 Å². The van der Waals surface area contributed by atoms with Gasteiger partial charge in [-0.25, -0.2) is 0 Å². The molecular formula is C16H14ClN3O. The van der Waals surface area contributed by atoms with Crippen LogP contribution in [0.25, 0.3) is 10.9 Å². The fourth-order valence-corrected chi connectivity index (χ4v) is 2.45. The number of carbonyl (C=O) groups is 1. The number of benzene rings is 1. The van der Waals surface area contributed by atoms with E-state index < -0.39 is 0 Å². The van der Waals surface area contributed by atoms with E-state index in [1.54, 1.807) is 6.20 Å². The number of rotatable bonds is 3. The van der Waals surface area contributed by atoms with Crippen LogP contribution in [0.15, 0.2) is 48.7 Å². The highest BCUT2D eigenvalue weighted by molar-refractivity contribution is 6.31. The van der Waals surface area contributed by atoms with Crippen LogP contribution < -0.4 is 5.32 Å². The molecule has 4 nitrogen and oxygen atoms in total. The lowest BCUT2D eigenvalue weighted by Gasteiger charge is -2.06. The van der Waals surface area contributed by atoms with Crippen LogP contribution in [0.5, 0.6) is 0 Å². The zero-order valence-corrected chi connectivity index (χ0v) is 12.3. The fourth-order valence-electron chi connectivity index (χ4n) is 2.29. The van der Waals surface area contributed by atoms with Gasteiger partial charge in [0.15, 0.2) is 0 Å². The molecule has 1 amide bonds. The number of nitrogens with one attached hydrogen (secondary N) is 1. The predicted molar refractivity (Wildman–Crippen MR) is 83.3 cm³/mol. The lowest BCUT2D eigenvalue weighted by molar-refractivity contribution is 0.0942. The Balaban J connectivity index is 1.83. The molecule has 0 spiro atoms. The largest absolute Gasteiger partial charge is 0.345 e. The Kier molecular flexibility index (Phi) is 3.62. The van der Waals surface area contributed by atoms with Gasteiger partial charge >= 0.3 is 0 Å². The number of aromatic nitrogens is 2. The van der Waals surface area contributed by atoms with Gasteiger partial charge in [0.05, 0.1) is 12.2 Å². The van der Waals surface area contributed by atoms with Gasteiger partial charge in [0.1, 0.15) is 5.69 Å². The molecule has 5 heteroatoms. The standard InChI is InChI=1S/C16H14ClN3O/c1-20-14-9-12(17)6-5-11(14)8-15(20)16(21)19-10-13-4-2-3-7-18-13/h2-9H,10H2,1H3,(H,19,21). The number of halogens is 1. The molecule has 21 heavy (non-hydrogen) atoms. The number of pyridine rings is 1. The van der Waals surface area contributed by atoms with Crippen molar-refractivity contribution in [3.05, 3.63) is 65.1 Å². The van der Waals surface area contributed by atoms with Crippen molar-refractivity contribution in [1.29, 1.82) is 0 Å². The molecule has 0 saturated heterocycles. The van der Waals surface area contributed by atoms with Gasteiger partial charge < -0.3 is 9.88 Å². The summed E-state index contributed by atoms with van der Waals surface area (Å²) in [5.74, 6) is -0.129. The van der Waals surface area contributed by atoms with Crippen molar-refractivity contribution < 1.29 is 4.79 Å². The molecule has 3 rings (SSSR count). The second-order valence-electron chi connectivity index (χ2n) is 4.80. The van der Waals surface area contributed by atoms with Gasteiger partial charge in [0.25, 0.3) is 5.91 Å². The van der Waals surface area contributed by atoms with E-state index in [0.29, 0.717) is 17.3 Å². The zero-order valence-electron chi connectivity index (χ0n) is 11.5. The molecule has 0 aliphatic heterocycles. The monoisotopic (exact) mass is 299 g/mol. The molecule has 3 aromatic rings. The Morgan fingerprint density at radius 1 is 1.29 bits per heavy atom. The third kappa shape index (κ3) is 2.76. The number of hydrogen-bond donors (Lipinski definition) is 1. The quantitative estimate of drug-likeness (QED) is 0.807. The number of fused-ring (bicyclic) bond motifs is 1. The van der Waals surface area contributed by atoms with Crippen molar-refractivity contribution in [2.24, 2.45) is 7.05 Å². The molecule has 2 aromatic heterocycles. The minimum atomic E-state index is -0.129. The molecule has 0 bridgehead atoms. The smallest absolute Gasteiger partial charge is 0.268 e. The summed E-state index contributed by atoms with van der Waals surface area (Å²) in [5.41, 5.74) is 2.36. The first-order valence-corrected chi connectivity index (χ1v) is 6.96. The van der Waals surface area contributed by atoms with Gasteiger partial charge in [0.2, 0.25) is 0 Å². The maximum atomic E-state index is 12.3. The van der Waals surface area contributed by atoms with E-state index in [1.807, 2.05) is 54.1 Å². The van der Waals surface area contributed by atoms with Crippen LogP contribution in [0.3, 0.4) is 0 Å². The van der Waals surface area contributed by atoms with Crippen molar-refractivity contribution in [2.75, 3.05) is 0 Å². The Morgan fingerprint density at radius 3 is 2.90 bits per heavy atom. The third-order valence-corrected chi connectivity index (χ3v) is 3.63. The minimum Gasteiger partial charge on any atom is -0.345 e. The first-order chi connectivity index (χ1) is 10.1. The van der Waals surface area contributed by atoms with Crippen molar-refractivity contribution in [3.63, 3.8) is 0 Å². The summed E-state index contributed by atoms with van der Waals surface area (Å²) in [4.78, 5) is 16.5. The molecule has 0 aliphatic carbocycles. The molecule has 2 heterocycles. The van der Waals surface area contributed by atoms with Gasteiger partial charge in [-0.1, -0.05) is 23.7 Å². The molecule has 0 fully saturated rings. The van der Waals surface area contributed by atoms with E-state index in [4.69, 9.17) is 11.6 Å². The predicted octanol–water partition coefficient (Wildman–Crippen LogP) is 3.16. The van der Waals surface area contributed by atoms with Crippen molar-refractivity contribution >= 4 is 28.4 Å². The van der Waals surface area contributed by atoms with Crippen molar-refractivity contribution in [3.8, 4) is 0 Å². The number of amides is 1. The Labute approximate surface area is 127 Å². The molecule has 1 N–H and O–H groups in total. The normalized spacial score (nSPS) is 10.8.